The number of hydrogen-bond acceptors (Lipinski definition) is 5. The lowest BCUT2D eigenvalue weighted by atomic mass is 10.1. The van der Waals surface area contributed by atoms with Crippen LogP contribution in [-0.2, 0) is 9.59 Å². The first kappa shape index (κ1) is 21.4. The molecule has 0 radical (unpaired) electrons. The van der Waals surface area contributed by atoms with Crippen molar-refractivity contribution in [1.82, 2.24) is 0 Å². The predicted molar refractivity (Wildman–Crippen MR) is 117 cm³/mol. The Morgan fingerprint density at radius 1 is 1.10 bits per heavy atom. The summed E-state index contributed by atoms with van der Waals surface area (Å²) in [4.78, 5) is 27.8. The number of aliphatic hydroxyl groups is 1. The van der Waals surface area contributed by atoms with Crippen molar-refractivity contribution in [3.8, 4) is 5.75 Å². The molecule has 0 fully saturated rings. The molecule has 0 aliphatic carbocycles. The average Bonchev–Trinajstić information content (AvgIpc) is 2.97. The summed E-state index contributed by atoms with van der Waals surface area (Å²) in [6.45, 7) is 4.40. The van der Waals surface area contributed by atoms with E-state index in [9.17, 15) is 14.7 Å². The van der Waals surface area contributed by atoms with Crippen molar-refractivity contribution in [2.24, 2.45) is 0 Å². The minimum Gasteiger partial charge on any atom is -0.494 e. The summed E-state index contributed by atoms with van der Waals surface area (Å²) in [5.74, 6) is 0.213. The molecule has 152 valence electrons. The van der Waals surface area contributed by atoms with Gasteiger partial charge in [0, 0.05) is 10.8 Å². The van der Waals surface area contributed by atoms with Crippen molar-refractivity contribution < 1.29 is 19.4 Å². The van der Waals surface area contributed by atoms with E-state index >= 15 is 0 Å². The summed E-state index contributed by atoms with van der Waals surface area (Å²) in [5.41, 5.74) is 2.25. The zero-order valence-electron chi connectivity index (χ0n) is 16.3. The van der Waals surface area contributed by atoms with Crippen LogP contribution in [0.1, 0.15) is 24.5 Å². The number of carbonyl (C=O) groups excluding carboxylic acids is 2. The van der Waals surface area contributed by atoms with Crippen LogP contribution in [0.5, 0.6) is 5.75 Å². The molecule has 0 atom stereocenters. The van der Waals surface area contributed by atoms with E-state index < -0.39 is 11.8 Å². The van der Waals surface area contributed by atoms with E-state index in [1.54, 1.807) is 42.5 Å². The van der Waals surface area contributed by atoms with Crippen molar-refractivity contribution in [1.29, 1.82) is 0 Å². The average molecular weight is 432 g/mol. The molecule has 3 rings (SSSR count). The molecule has 5 nitrogen and oxygen atoms in total. The Hall–Kier alpha value is -2.28. The smallest absolute Gasteiger partial charge is 0.272 e. The molecule has 2 aromatic carbocycles. The molecule has 1 aliphatic heterocycles. The van der Waals surface area contributed by atoms with Crippen molar-refractivity contribution in [3.63, 3.8) is 0 Å². The van der Waals surface area contributed by atoms with Gasteiger partial charge in [0.2, 0.25) is 0 Å². The van der Waals surface area contributed by atoms with Gasteiger partial charge in [0.1, 0.15) is 5.75 Å². The number of aryl methyl sites for hydroxylation is 1. The maximum Gasteiger partial charge on any atom is 0.272 e. The van der Waals surface area contributed by atoms with Gasteiger partial charge in [-0.3, -0.25) is 9.59 Å². The molecule has 0 saturated heterocycles. The normalized spacial score (nSPS) is 14.1. The van der Waals surface area contributed by atoms with Crippen LogP contribution in [0, 0.1) is 6.92 Å². The van der Waals surface area contributed by atoms with Crippen molar-refractivity contribution in [2.75, 3.05) is 23.9 Å². The van der Waals surface area contributed by atoms with Crippen molar-refractivity contribution in [3.05, 3.63) is 63.5 Å². The fourth-order valence-electron chi connectivity index (χ4n) is 2.94. The number of anilines is 1. The van der Waals surface area contributed by atoms with Gasteiger partial charge in [0.05, 0.1) is 29.4 Å². The number of thioether (sulfide) groups is 1. The van der Waals surface area contributed by atoms with E-state index in [1.807, 2.05) is 13.8 Å². The van der Waals surface area contributed by atoms with E-state index in [1.165, 1.54) is 11.8 Å². The van der Waals surface area contributed by atoms with E-state index in [2.05, 4.69) is 0 Å². The molecule has 0 saturated carbocycles. The molecule has 0 spiro atoms. The van der Waals surface area contributed by atoms with Crippen LogP contribution in [0.2, 0.25) is 5.02 Å². The van der Waals surface area contributed by atoms with Crippen LogP contribution in [-0.4, -0.2) is 35.9 Å². The molecule has 0 aromatic heterocycles. The maximum atomic E-state index is 13.2. The lowest BCUT2D eigenvalue weighted by Gasteiger charge is -2.16. The summed E-state index contributed by atoms with van der Waals surface area (Å²) in [6.07, 6.45) is 0.899. The van der Waals surface area contributed by atoms with Gasteiger partial charge in [-0.15, -0.1) is 11.8 Å². The second-order valence-electron chi connectivity index (χ2n) is 6.53. The lowest BCUT2D eigenvalue weighted by molar-refractivity contribution is -0.119. The molecular weight excluding hydrogens is 410 g/mol. The number of aliphatic hydroxyl groups excluding tert-OH is 1. The third-order valence-electron chi connectivity index (χ3n) is 4.41. The highest BCUT2D eigenvalue weighted by Gasteiger charge is 2.40. The highest BCUT2D eigenvalue weighted by atomic mass is 35.5. The third kappa shape index (κ3) is 4.50. The van der Waals surface area contributed by atoms with Crippen molar-refractivity contribution >= 4 is 46.4 Å². The first-order valence-corrected chi connectivity index (χ1v) is 10.7. The Kier molecular flexibility index (Phi) is 7.00. The number of nitrogens with zero attached hydrogens (tertiary/aromatic N) is 1. The van der Waals surface area contributed by atoms with Crippen LogP contribution in [0.15, 0.2) is 47.4 Å². The van der Waals surface area contributed by atoms with Crippen LogP contribution in [0.25, 0.3) is 5.57 Å². The first-order valence-electron chi connectivity index (χ1n) is 9.34. The number of carbonyl (C=O) groups is 2. The lowest BCUT2D eigenvalue weighted by Crippen LogP contribution is -2.31. The highest BCUT2D eigenvalue weighted by molar-refractivity contribution is 8.04. The van der Waals surface area contributed by atoms with Crippen molar-refractivity contribution in [2.45, 2.75) is 20.3 Å². The van der Waals surface area contributed by atoms with Gasteiger partial charge < -0.3 is 9.84 Å². The zero-order valence-corrected chi connectivity index (χ0v) is 17.8. The molecule has 2 amide bonds. The number of imide groups is 1. The predicted octanol–water partition coefficient (Wildman–Crippen LogP) is 4.45. The molecule has 1 aliphatic rings. The van der Waals surface area contributed by atoms with Crippen LogP contribution >= 0.6 is 23.4 Å². The molecule has 0 bridgehead atoms. The largest absolute Gasteiger partial charge is 0.494 e. The number of rotatable bonds is 8. The monoisotopic (exact) mass is 431 g/mol. The van der Waals surface area contributed by atoms with Gasteiger partial charge in [0.15, 0.2) is 0 Å². The van der Waals surface area contributed by atoms with Crippen LogP contribution < -0.4 is 9.64 Å². The minimum absolute atomic E-state index is 0.0942. The van der Waals surface area contributed by atoms with Gasteiger partial charge in [-0.1, -0.05) is 36.7 Å². The summed E-state index contributed by atoms with van der Waals surface area (Å²) >= 11 is 7.38. The number of ether oxygens (including phenoxy) is 1. The number of amides is 2. The molecule has 1 heterocycles. The van der Waals surface area contributed by atoms with E-state index in [0.29, 0.717) is 44.9 Å². The summed E-state index contributed by atoms with van der Waals surface area (Å²) in [5, 5.41) is 9.70. The Labute approximate surface area is 179 Å². The second-order valence-corrected chi connectivity index (χ2v) is 8.04. The summed E-state index contributed by atoms with van der Waals surface area (Å²) in [7, 11) is 0. The maximum absolute atomic E-state index is 13.2. The van der Waals surface area contributed by atoms with E-state index in [4.69, 9.17) is 16.3 Å². The SMILES string of the molecule is CCCOc1ccc(C2=C(SCCO)C(=O)N(c3ccc(C)c(Cl)c3)C2=O)cc1. The number of hydrogen-bond donors (Lipinski definition) is 1. The van der Waals surface area contributed by atoms with Gasteiger partial charge in [0.25, 0.3) is 11.8 Å². The molecule has 1 N–H and O–H groups in total. The molecule has 29 heavy (non-hydrogen) atoms. The third-order valence-corrected chi connectivity index (χ3v) is 5.87. The van der Waals surface area contributed by atoms with Gasteiger partial charge in [-0.05, 0) is 48.7 Å². The number of benzene rings is 2. The van der Waals surface area contributed by atoms with Gasteiger partial charge in [-0.25, -0.2) is 4.90 Å². The second kappa shape index (κ2) is 9.48. The van der Waals surface area contributed by atoms with Crippen LogP contribution in [0.3, 0.4) is 0 Å². The minimum atomic E-state index is -0.408. The molecule has 2 aromatic rings. The Morgan fingerprint density at radius 2 is 1.83 bits per heavy atom. The molecule has 7 heteroatoms. The standard InChI is InChI=1S/C22H22ClNO4S/c1-3-11-28-17-8-5-15(6-9-17)19-20(29-12-10-25)22(27)24(21(19)26)16-7-4-14(2)18(23)13-16/h4-9,13,25H,3,10-12H2,1-2H3. The van der Waals surface area contributed by atoms with Crippen LogP contribution in [0.4, 0.5) is 5.69 Å². The summed E-state index contributed by atoms with van der Waals surface area (Å²) in [6, 6.07) is 12.2. The summed E-state index contributed by atoms with van der Waals surface area (Å²) < 4.78 is 5.60. The first-order chi connectivity index (χ1) is 14.0. The Bertz CT molecular complexity index is 956. The fraction of sp³-hybridized carbons (Fsp3) is 0.273. The highest BCUT2D eigenvalue weighted by Crippen LogP contribution is 2.39. The Balaban J connectivity index is 1.99. The molecular formula is C22H22ClNO4S. The number of halogens is 1. The van der Waals surface area contributed by atoms with Gasteiger partial charge in [-0.2, -0.15) is 0 Å². The topological polar surface area (TPSA) is 66.8 Å². The fourth-order valence-corrected chi connectivity index (χ4v) is 3.97. The Morgan fingerprint density at radius 3 is 2.45 bits per heavy atom. The molecule has 0 unspecified atom stereocenters. The van der Waals surface area contributed by atoms with E-state index in [0.717, 1.165) is 16.9 Å². The van der Waals surface area contributed by atoms with E-state index in [-0.39, 0.29) is 6.61 Å². The quantitative estimate of drug-likeness (QED) is 0.625. The van der Waals surface area contributed by atoms with Gasteiger partial charge >= 0.3 is 0 Å². The zero-order chi connectivity index (χ0) is 21.0.